The number of amides is 1. The first kappa shape index (κ1) is 52.3. The number of rotatable bonds is 40. The number of carbonyl (C=O) groups excluding carboxylic acids is 1. The molecule has 0 saturated heterocycles. The van der Waals surface area contributed by atoms with Gasteiger partial charge < -0.3 is 15.5 Å². The zero-order chi connectivity index (χ0) is 40.0. The van der Waals surface area contributed by atoms with E-state index in [2.05, 4.69) is 104 Å². The Morgan fingerprint density at radius 3 is 1.20 bits per heavy atom. The zero-order valence-electron chi connectivity index (χ0n) is 35.9. The zero-order valence-corrected chi connectivity index (χ0v) is 35.9. The summed E-state index contributed by atoms with van der Waals surface area (Å²) in [7, 11) is 0. The molecular formula is C51H87NO3. The van der Waals surface area contributed by atoms with Crippen molar-refractivity contribution in [3.05, 3.63) is 97.2 Å². The summed E-state index contributed by atoms with van der Waals surface area (Å²) < 4.78 is 0. The quantitative estimate of drug-likeness (QED) is 0.0430. The highest BCUT2D eigenvalue weighted by molar-refractivity contribution is 5.76. The van der Waals surface area contributed by atoms with Crippen LogP contribution in [0, 0.1) is 0 Å². The SMILES string of the molecule is CC/C=C\C/C=C\C/C=C\C/C=C\C/C=C\C/C=C\C/C=C\CCCCCCCCCCCCCCCCCC(=O)NC(CO)C(O)/C=C/CCCCCC. The average molecular weight is 762 g/mol. The van der Waals surface area contributed by atoms with Gasteiger partial charge in [0.05, 0.1) is 18.8 Å². The van der Waals surface area contributed by atoms with Gasteiger partial charge in [0.25, 0.3) is 0 Å². The van der Waals surface area contributed by atoms with Crippen molar-refractivity contribution < 1.29 is 15.0 Å². The molecule has 314 valence electrons. The molecule has 0 aromatic rings. The second-order valence-corrected chi connectivity index (χ2v) is 15.1. The third kappa shape index (κ3) is 42.3. The van der Waals surface area contributed by atoms with Crippen molar-refractivity contribution in [1.82, 2.24) is 5.32 Å². The van der Waals surface area contributed by atoms with Crippen molar-refractivity contribution in [2.75, 3.05) is 6.61 Å². The summed E-state index contributed by atoms with van der Waals surface area (Å²) in [5.74, 6) is -0.0741. The highest BCUT2D eigenvalue weighted by Gasteiger charge is 2.17. The summed E-state index contributed by atoms with van der Waals surface area (Å²) >= 11 is 0. The largest absolute Gasteiger partial charge is 0.394 e. The molecule has 0 aliphatic rings. The van der Waals surface area contributed by atoms with Crippen molar-refractivity contribution >= 4 is 5.91 Å². The molecule has 0 aromatic carbocycles. The second kappa shape index (κ2) is 45.7. The molecule has 4 nitrogen and oxygen atoms in total. The van der Waals surface area contributed by atoms with Crippen molar-refractivity contribution in [1.29, 1.82) is 0 Å². The molecule has 0 bridgehead atoms. The third-order valence-electron chi connectivity index (χ3n) is 9.82. The molecule has 0 fully saturated rings. The normalized spacial score (nSPS) is 13.9. The van der Waals surface area contributed by atoms with E-state index >= 15 is 0 Å². The maximum atomic E-state index is 12.3. The molecule has 0 spiro atoms. The molecule has 0 aromatic heterocycles. The molecule has 2 atom stereocenters. The Kier molecular flexibility index (Phi) is 43.5. The first-order chi connectivity index (χ1) is 27.2. The monoisotopic (exact) mass is 762 g/mol. The van der Waals surface area contributed by atoms with E-state index in [1.54, 1.807) is 6.08 Å². The molecular weight excluding hydrogens is 675 g/mol. The van der Waals surface area contributed by atoms with Gasteiger partial charge in [-0.3, -0.25) is 4.79 Å². The average Bonchev–Trinajstić information content (AvgIpc) is 3.19. The maximum absolute atomic E-state index is 12.3. The van der Waals surface area contributed by atoms with Gasteiger partial charge in [0.15, 0.2) is 0 Å². The van der Waals surface area contributed by atoms with Crippen LogP contribution in [-0.2, 0) is 4.79 Å². The Hall–Kier alpha value is -2.69. The van der Waals surface area contributed by atoms with Crippen molar-refractivity contribution in [2.45, 2.75) is 212 Å². The number of carbonyl (C=O) groups is 1. The van der Waals surface area contributed by atoms with Crippen LogP contribution in [0.25, 0.3) is 0 Å². The van der Waals surface area contributed by atoms with Gasteiger partial charge in [-0.15, -0.1) is 0 Å². The lowest BCUT2D eigenvalue weighted by Gasteiger charge is -2.20. The minimum atomic E-state index is -0.839. The summed E-state index contributed by atoms with van der Waals surface area (Å²) in [5, 5.41) is 22.7. The molecule has 0 rings (SSSR count). The Morgan fingerprint density at radius 1 is 0.455 bits per heavy atom. The lowest BCUT2D eigenvalue weighted by molar-refractivity contribution is -0.123. The summed E-state index contributed by atoms with van der Waals surface area (Å²) in [6.45, 7) is 4.11. The Balaban J connectivity index is 3.49. The topological polar surface area (TPSA) is 69.6 Å². The fraction of sp³-hybridized carbons (Fsp3) is 0.667. The number of aliphatic hydroxyl groups is 2. The minimum Gasteiger partial charge on any atom is -0.394 e. The Labute approximate surface area is 341 Å². The van der Waals surface area contributed by atoms with Crippen LogP contribution >= 0.6 is 0 Å². The van der Waals surface area contributed by atoms with Crippen LogP contribution in [0.1, 0.15) is 200 Å². The standard InChI is InChI=1S/C51H87NO3/c1-3-5-7-9-11-12-13-14-15-16-17-18-19-20-21-22-23-24-25-26-27-28-29-30-31-32-33-34-35-36-37-38-39-40-41-43-45-47-51(55)52-49(48-53)50(54)46-44-42-10-8-6-4-2/h5,7,11-12,14-15,17-18,20-21,23-24,26-27,44,46,49-50,53-54H,3-4,6,8-10,13,16,19,22,25,28-43,45,47-48H2,1-2H3,(H,52,55)/b7-5-,12-11-,15-14-,18-17-,21-20-,24-23-,27-26-,46-44+. The first-order valence-corrected chi connectivity index (χ1v) is 23.0. The molecule has 0 aliphatic heterocycles. The molecule has 0 saturated carbocycles. The Bertz CT molecular complexity index is 1050. The van der Waals surface area contributed by atoms with Crippen LogP contribution in [0.15, 0.2) is 97.2 Å². The summed E-state index contributed by atoms with van der Waals surface area (Å²) in [6.07, 6.45) is 68.4. The minimum absolute atomic E-state index is 0.0741. The molecule has 1 amide bonds. The smallest absolute Gasteiger partial charge is 0.220 e. The van der Waals surface area contributed by atoms with Crippen LogP contribution < -0.4 is 5.32 Å². The van der Waals surface area contributed by atoms with Gasteiger partial charge in [-0.05, 0) is 77.0 Å². The van der Waals surface area contributed by atoms with Crippen LogP contribution in [0.3, 0.4) is 0 Å². The highest BCUT2D eigenvalue weighted by atomic mass is 16.3. The van der Waals surface area contributed by atoms with Gasteiger partial charge in [-0.1, -0.05) is 214 Å². The van der Waals surface area contributed by atoms with E-state index in [0.29, 0.717) is 6.42 Å². The number of aliphatic hydroxyl groups excluding tert-OH is 2. The van der Waals surface area contributed by atoms with Crippen LogP contribution in [0.2, 0.25) is 0 Å². The van der Waals surface area contributed by atoms with E-state index in [1.807, 2.05) is 6.08 Å². The van der Waals surface area contributed by atoms with Crippen LogP contribution in [0.4, 0.5) is 0 Å². The lowest BCUT2D eigenvalue weighted by Crippen LogP contribution is -2.45. The van der Waals surface area contributed by atoms with E-state index < -0.39 is 12.1 Å². The van der Waals surface area contributed by atoms with Gasteiger partial charge in [0.2, 0.25) is 5.91 Å². The van der Waals surface area contributed by atoms with Crippen LogP contribution in [0.5, 0.6) is 0 Å². The number of hydrogen-bond donors (Lipinski definition) is 3. The fourth-order valence-corrected chi connectivity index (χ4v) is 6.33. The first-order valence-electron chi connectivity index (χ1n) is 23.0. The summed E-state index contributed by atoms with van der Waals surface area (Å²) in [4.78, 5) is 12.3. The molecule has 0 heterocycles. The predicted octanol–water partition coefficient (Wildman–Crippen LogP) is 14.6. The predicted molar refractivity (Wildman–Crippen MR) is 243 cm³/mol. The van der Waals surface area contributed by atoms with E-state index in [0.717, 1.165) is 70.6 Å². The van der Waals surface area contributed by atoms with Crippen LogP contribution in [-0.4, -0.2) is 34.9 Å². The lowest BCUT2D eigenvalue weighted by atomic mass is 10.0. The van der Waals surface area contributed by atoms with E-state index in [-0.39, 0.29) is 12.5 Å². The van der Waals surface area contributed by atoms with Gasteiger partial charge in [-0.25, -0.2) is 0 Å². The van der Waals surface area contributed by atoms with Crippen molar-refractivity contribution in [2.24, 2.45) is 0 Å². The number of hydrogen-bond acceptors (Lipinski definition) is 3. The molecule has 2 unspecified atom stereocenters. The van der Waals surface area contributed by atoms with E-state index in [9.17, 15) is 15.0 Å². The Morgan fingerprint density at radius 2 is 0.800 bits per heavy atom. The van der Waals surface area contributed by atoms with Crippen molar-refractivity contribution in [3.8, 4) is 0 Å². The van der Waals surface area contributed by atoms with Gasteiger partial charge in [0, 0.05) is 6.42 Å². The maximum Gasteiger partial charge on any atom is 0.220 e. The summed E-state index contributed by atoms with van der Waals surface area (Å²) in [6, 6.07) is -0.622. The van der Waals surface area contributed by atoms with Crippen molar-refractivity contribution in [3.63, 3.8) is 0 Å². The molecule has 3 N–H and O–H groups in total. The molecule has 0 aliphatic carbocycles. The molecule has 55 heavy (non-hydrogen) atoms. The van der Waals surface area contributed by atoms with Gasteiger partial charge >= 0.3 is 0 Å². The van der Waals surface area contributed by atoms with Gasteiger partial charge in [-0.2, -0.15) is 0 Å². The number of unbranched alkanes of at least 4 members (excludes halogenated alkanes) is 19. The second-order valence-electron chi connectivity index (χ2n) is 15.1. The fourth-order valence-electron chi connectivity index (χ4n) is 6.33. The van der Waals surface area contributed by atoms with E-state index in [1.165, 1.54) is 109 Å². The summed E-state index contributed by atoms with van der Waals surface area (Å²) in [5.41, 5.74) is 0. The number of allylic oxidation sites excluding steroid dienone is 15. The van der Waals surface area contributed by atoms with E-state index in [4.69, 9.17) is 0 Å². The molecule has 4 heteroatoms. The highest BCUT2D eigenvalue weighted by Crippen LogP contribution is 2.14. The van der Waals surface area contributed by atoms with Gasteiger partial charge in [0.1, 0.15) is 0 Å². The third-order valence-corrected chi connectivity index (χ3v) is 9.82. The number of nitrogens with one attached hydrogen (secondary N) is 1. The molecule has 0 radical (unpaired) electrons.